The van der Waals surface area contributed by atoms with Gasteiger partial charge in [0.2, 0.25) is 0 Å². The maximum Gasteiger partial charge on any atom is 0.336 e. The minimum atomic E-state index is -0.336. The van der Waals surface area contributed by atoms with Gasteiger partial charge in [-0.1, -0.05) is 24.3 Å². The molecule has 0 spiro atoms. The van der Waals surface area contributed by atoms with Gasteiger partial charge >= 0.3 is 5.63 Å². The SMILES string of the molecule is Cc1ccc2c(C[NH+](C)Cc3cccc(F)c3)cc(=O)oc2c1. The molecule has 1 atom stereocenters. The van der Waals surface area contributed by atoms with Crippen molar-refractivity contribution in [2.24, 2.45) is 0 Å². The molecule has 1 aromatic heterocycles. The Bertz CT molecular complexity index is 901. The molecule has 118 valence electrons. The molecule has 0 radical (unpaired) electrons. The summed E-state index contributed by atoms with van der Waals surface area (Å²) in [7, 11) is 2.03. The van der Waals surface area contributed by atoms with Gasteiger partial charge in [-0.15, -0.1) is 0 Å². The first-order valence-electron chi connectivity index (χ1n) is 7.60. The first-order valence-corrected chi connectivity index (χ1v) is 7.60. The van der Waals surface area contributed by atoms with Crippen LogP contribution in [0.5, 0.6) is 0 Å². The molecule has 3 aromatic rings. The second-order valence-electron chi connectivity index (χ2n) is 6.03. The number of halogens is 1. The highest BCUT2D eigenvalue weighted by atomic mass is 19.1. The average molecular weight is 312 g/mol. The van der Waals surface area contributed by atoms with Crippen LogP contribution in [0.4, 0.5) is 4.39 Å². The summed E-state index contributed by atoms with van der Waals surface area (Å²) < 4.78 is 18.6. The van der Waals surface area contributed by atoms with E-state index in [9.17, 15) is 9.18 Å². The second-order valence-corrected chi connectivity index (χ2v) is 6.03. The highest BCUT2D eigenvalue weighted by Gasteiger charge is 2.11. The molecule has 1 heterocycles. The van der Waals surface area contributed by atoms with Crippen LogP contribution in [0.3, 0.4) is 0 Å². The summed E-state index contributed by atoms with van der Waals surface area (Å²) in [6.45, 7) is 3.32. The smallest absolute Gasteiger partial charge is 0.336 e. The van der Waals surface area contributed by atoms with Crippen LogP contribution < -0.4 is 10.5 Å². The third-order valence-corrected chi connectivity index (χ3v) is 3.87. The van der Waals surface area contributed by atoms with Crippen LogP contribution in [-0.4, -0.2) is 7.05 Å². The third kappa shape index (κ3) is 3.66. The summed E-state index contributed by atoms with van der Waals surface area (Å²) in [5, 5.41) is 0.953. The Morgan fingerprint density at radius 3 is 2.70 bits per heavy atom. The molecule has 1 N–H and O–H groups in total. The van der Waals surface area contributed by atoms with Crippen molar-refractivity contribution in [1.82, 2.24) is 0 Å². The summed E-state index contributed by atoms with van der Waals surface area (Å²) >= 11 is 0. The highest BCUT2D eigenvalue weighted by molar-refractivity contribution is 5.80. The number of fused-ring (bicyclic) bond motifs is 1. The van der Waals surface area contributed by atoms with Gasteiger partial charge in [0, 0.05) is 22.6 Å². The van der Waals surface area contributed by atoms with Crippen LogP contribution >= 0.6 is 0 Å². The number of nitrogens with one attached hydrogen (secondary N) is 1. The third-order valence-electron chi connectivity index (χ3n) is 3.87. The Labute approximate surface area is 134 Å². The zero-order valence-electron chi connectivity index (χ0n) is 13.2. The summed E-state index contributed by atoms with van der Waals surface area (Å²) in [5.41, 5.74) is 3.22. The van der Waals surface area contributed by atoms with Crippen molar-refractivity contribution < 1.29 is 13.7 Å². The molecule has 0 aliphatic carbocycles. The van der Waals surface area contributed by atoms with Crippen LogP contribution in [0.15, 0.2) is 57.7 Å². The maximum absolute atomic E-state index is 13.3. The molecule has 3 nitrogen and oxygen atoms in total. The standard InChI is InChI=1S/C19H18FNO2/c1-13-6-7-17-15(10-19(22)23-18(17)8-13)12-21(2)11-14-4-3-5-16(20)9-14/h3-10H,11-12H2,1-2H3/p+1. The van der Waals surface area contributed by atoms with E-state index in [1.54, 1.807) is 18.2 Å². The van der Waals surface area contributed by atoms with Gasteiger partial charge in [0.15, 0.2) is 0 Å². The average Bonchev–Trinajstić information content (AvgIpc) is 2.46. The lowest BCUT2D eigenvalue weighted by Gasteiger charge is -2.15. The van der Waals surface area contributed by atoms with Crippen LogP contribution in [0.25, 0.3) is 11.0 Å². The fourth-order valence-corrected chi connectivity index (χ4v) is 2.87. The summed E-state index contributed by atoms with van der Waals surface area (Å²) in [6, 6.07) is 14.0. The number of rotatable bonds is 4. The molecule has 0 saturated carbocycles. The first kappa shape index (κ1) is 15.4. The van der Waals surface area contributed by atoms with Gasteiger partial charge in [0.25, 0.3) is 0 Å². The van der Waals surface area contributed by atoms with Crippen molar-refractivity contribution in [2.75, 3.05) is 7.05 Å². The molecule has 2 aromatic carbocycles. The Balaban J connectivity index is 1.87. The van der Waals surface area contributed by atoms with E-state index in [-0.39, 0.29) is 11.4 Å². The molecule has 23 heavy (non-hydrogen) atoms. The predicted octanol–water partition coefficient (Wildman–Crippen LogP) is 2.46. The molecule has 0 fully saturated rings. The van der Waals surface area contributed by atoms with E-state index in [1.807, 2.05) is 38.2 Å². The largest absolute Gasteiger partial charge is 0.423 e. The number of hydrogen-bond acceptors (Lipinski definition) is 2. The first-order chi connectivity index (χ1) is 11.0. The molecule has 4 heteroatoms. The molecular weight excluding hydrogens is 293 g/mol. The lowest BCUT2D eigenvalue weighted by atomic mass is 10.1. The van der Waals surface area contributed by atoms with Crippen molar-refractivity contribution in [2.45, 2.75) is 20.0 Å². The van der Waals surface area contributed by atoms with Gasteiger partial charge in [-0.25, -0.2) is 9.18 Å². The monoisotopic (exact) mass is 312 g/mol. The van der Waals surface area contributed by atoms with Crippen molar-refractivity contribution in [1.29, 1.82) is 0 Å². The van der Waals surface area contributed by atoms with E-state index in [4.69, 9.17) is 4.42 Å². The number of aryl methyl sites for hydroxylation is 1. The van der Waals surface area contributed by atoms with E-state index in [0.717, 1.165) is 22.1 Å². The Hall–Kier alpha value is -2.46. The number of quaternary nitrogens is 1. The lowest BCUT2D eigenvalue weighted by molar-refractivity contribution is -0.907. The highest BCUT2D eigenvalue weighted by Crippen LogP contribution is 2.17. The number of hydrogen-bond donors (Lipinski definition) is 1. The quantitative estimate of drug-likeness (QED) is 0.751. The normalized spacial score (nSPS) is 12.5. The van der Waals surface area contributed by atoms with Crippen LogP contribution in [-0.2, 0) is 13.1 Å². The van der Waals surface area contributed by atoms with E-state index >= 15 is 0 Å². The van der Waals surface area contributed by atoms with E-state index in [0.29, 0.717) is 18.7 Å². The Morgan fingerprint density at radius 1 is 1.09 bits per heavy atom. The van der Waals surface area contributed by atoms with E-state index < -0.39 is 0 Å². The minimum absolute atomic E-state index is 0.225. The van der Waals surface area contributed by atoms with Gasteiger partial charge in [0.05, 0.1) is 7.05 Å². The van der Waals surface area contributed by atoms with Crippen LogP contribution in [0, 0.1) is 12.7 Å². The molecule has 0 aliphatic rings. The van der Waals surface area contributed by atoms with Gasteiger partial charge in [-0.05, 0) is 30.7 Å². The van der Waals surface area contributed by atoms with Crippen molar-refractivity contribution in [3.8, 4) is 0 Å². The minimum Gasteiger partial charge on any atom is -0.423 e. The van der Waals surface area contributed by atoms with Crippen molar-refractivity contribution in [3.63, 3.8) is 0 Å². The van der Waals surface area contributed by atoms with Gasteiger partial charge in [0.1, 0.15) is 24.5 Å². The fraction of sp³-hybridized carbons (Fsp3) is 0.211. The Kier molecular flexibility index (Phi) is 4.26. The zero-order chi connectivity index (χ0) is 16.4. The van der Waals surface area contributed by atoms with E-state index in [1.165, 1.54) is 11.0 Å². The summed E-state index contributed by atoms with van der Waals surface area (Å²) in [4.78, 5) is 12.9. The van der Waals surface area contributed by atoms with Gasteiger partial charge < -0.3 is 9.32 Å². The molecule has 0 bridgehead atoms. The van der Waals surface area contributed by atoms with Gasteiger partial charge in [-0.3, -0.25) is 0 Å². The topological polar surface area (TPSA) is 34.7 Å². The van der Waals surface area contributed by atoms with Crippen molar-refractivity contribution in [3.05, 3.63) is 81.5 Å². The summed E-state index contributed by atoms with van der Waals surface area (Å²) in [6.07, 6.45) is 0. The predicted molar refractivity (Wildman–Crippen MR) is 87.9 cm³/mol. The molecular formula is C19H19FNO2+. The van der Waals surface area contributed by atoms with Crippen LogP contribution in [0.1, 0.15) is 16.7 Å². The molecule has 0 saturated heterocycles. The lowest BCUT2D eigenvalue weighted by Crippen LogP contribution is -3.06. The summed E-state index contributed by atoms with van der Waals surface area (Å²) in [5.74, 6) is -0.225. The van der Waals surface area contributed by atoms with E-state index in [2.05, 4.69) is 0 Å². The van der Waals surface area contributed by atoms with Gasteiger partial charge in [-0.2, -0.15) is 0 Å². The number of benzene rings is 2. The van der Waals surface area contributed by atoms with Crippen LogP contribution in [0.2, 0.25) is 0 Å². The molecule has 0 amide bonds. The maximum atomic E-state index is 13.3. The Morgan fingerprint density at radius 2 is 1.91 bits per heavy atom. The molecule has 3 rings (SSSR count). The zero-order valence-corrected chi connectivity index (χ0v) is 13.2. The molecule has 0 aliphatic heterocycles. The fourth-order valence-electron chi connectivity index (χ4n) is 2.87. The second kappa shape index (κ2) is 6.34. The molecule has 1 unspecified atom stereocenters. The van der Waals surface area contributed by atoms with Crippen molar-refractivity contribution >= 4 is 11.0 Å².